The minimum absolute atomic E-state index is 0.0226. The number of aromatic nitrogens is 2. The van der Waals surface area contributed by atoms with Gasteiger partial charge in [0.15, 0.2) is 0 Å². The van der Waals surface area contributed by atoms with Gasteiger partial charge in [0.1, 0.15) is 53.4 Å². The normalized spacial score (nSPS) is 14.4. The number of nitrogens with zero attached hydrogens (tertiary/aromatic N) is 4. The van der Waals surface area contributed by atoms with Crippen LogP contribution in [0.15, 0.2) is 77.4 Å². The Balaban J connectivity index is 1.13. The summed E-state index contributed by atoms with van der Waals surface area (Å²) in [6.07, 6.45) is 0.906. The van der Waals surface area contributed by atoms with E-state index in [1.165, 1.54) is 0 Å². The Hall–Kier alpha value is -4.79. The second-order valence-corrected chi connectivity index (χ2v) is 13.1. The summed E-state index contributed by atoms with van der Waals surface area (Å²) in [5.74, 6) is -0.361. The molecule has 0 aliphatic carbocycles. The lowest BCUT2D eigenvalue weighted by molar-refractivity contribution is -0.140. The molecule has 4 aromatic carbocycles. The molecule has 1 aliphatic rings. The van der Waals surface area contributed by atoms with Crippen LogP contribution in [0.1, 0.15) is 23.1 Å². The molecule has 1 aliphatic heterocycles. The van der Waals surface area contributed by atoms with Gasteiger partial charge >= 0.3 is 5.97 Å². The summed E-state index contributed by atoms with van der Waals surface area (Å²) in [7, 11) is 2.14. The number of aliphatic carboxylic acids is 1. The van der Waals surface area contributed by atoms with Crippen LogP contribution in [-0.4, -0.2) is 95.3 Å². The fraction of sp³-hybridized carbons (Fsp3) is 0.342. The van der Waals surface area contributed by atoms with Crippen LogP contribution < -0.4 is 19.5 Å². The van der Waals surface area contributed by atoms with Crippen molar-refractivity contribution >= 4 is 28.6 Å². The molecule has 0 bridgehead atoms. The Morgan fingerprint density at radius 1 is 0.942 bits per heavy atom. The molecule has 1 atom stereocenters. The smallest absolute Gasteiger partial charge is 0.323 e. The molecule has 3 N–H and O–H groups in total. The highest BCUT2D eigenvalue weighted by molar-refractivity contribution is 6.32. The molecule has 0 spiro atoms. The second-order valence-electron chi connectivity index (χ2n) is 12.7. The molecule has 1 saturated heterocycles. The van der Waals surface area contributed by atoms with Crippen molar-refractivity contribution in [1.82, 2.24) is 25.4 Å². The first kappa shape index (κ1) is 37.0. The predicted octanol–water partition coefficient (Wildman–Crippen LogP) is 5.39. The summed E-state index contributed by atoms with van der Waals surface area (Å²) in [6, 6.07) is 19.9. The number of fused-ring (bicyclic) bond motifs is 1. The Morgan fingerprint density at radius 3 is 2.54 bits per heavy atom. The van der Waals surface area contributed by atoms with Crippen LogP contribution in [0.5, 0.6) is 17.2 Å². The number of nitrogens with one attached hydrogen (secondary N) is 1. The number of aliphatic hydroxyl groups excluding tert-OH is 1. The minimum Gasteiger partial charge on any atom is -0.494 e. The first-order chi connectivity index (χ1) is 25.3. The number of ether oxygens (including phenoxy) is 3. The van der Waals surface area contributed by atoms with Crippen molar-refractivity contribution in [3.05, 3.63) is 100 Å². The Kier molecular flexibility index (Phi) is 12.5. The summed E-state index contributed by atoms with van der Waals surface area (Å²) < 4.78 is 39.0. The molecular formula is C38H41ClFN5O7. The van der Waals surface area contributed by atoms with Gasteiger partial charge in [-0.2, -0.15) is 0 Å². The van der Waals surface area contributed by atoms with E-state index in [0.29, 0.717) is 51.4 Å². The van der Waals surface area contributed by atoms with Crippen LogP contribution in [-0.2, 0) is 24.6 Å². The SMILES string of the molecule is CN1CCN(CCCOc2cccc(-c3cccc(COc4cc(OCc5ccc6nonc6c5)c(CN[C@H](CO)C(=O)O)cc4Cl)c3F)c2)CC1. The maximum atomic E-state index is 16.0. The number of hydrogen-bond acceptors (Lipinski definition) is 11. The molecule has 14 heteroatoms. The third-order valence-electron chi connectivity index (χ3n) is 8.94. The number of piperazine rings is 1. The van der Waals surface area contributed by atoms with Gasteiger partial charge in [0.05, 0.1) is 18.2 Å². The molecule has 6 rings (SSSR count). The molecule has 1 fully saturated rings. The van der Waals surface area contributed by atoms with Gasteiger partial charge in [-0.15, -0.1) is 0 Å². The van der Waals surface area contributed by atoms with Gasteiger partial charge in [-0.3, -0.25) is 10.1 Å². The average Bonchev–Trinajstić information content (AvgIpc) is 3.62. The molecule has 2 heterocycles. The predicted molar refractivity (Wildman–Crippen MR) is 193 cm³/mol. The molecule has 1 aromatic heterocycles. The Morgan fingerprint density at radius 2 is 1.73 bits per heavy atom. The number of benzene rings is 4. The van der Waals surface area contributed by atoms with Crippen molar-refractivity contribution in [1.29, 1.82) is 0 Å². The Labute approximate surface area is 305 Å². The number of likely N-dealkylation sites (N-methyl/N-ethyl adjacent to an activating group) is 1. The van der Waals surface area contributed by atoms with Crippen LogP contribution in [0, 0.1) is 5.82 Å². The topological polar surface area (TPSA) is 143 Å². The van der Waals surface area contributed by atoms with Gasteiger partial charge in [-0.1, -0.05) is 48.0 Å². The number of halogens is 2. The zero-order valence-electron chi connectivity index (χ0n) is 28.8. The zero-order chi connectivity index (χ0) is 36.5. The summed E-state index contributed by atoms with van der Waals surface area (Å²) in [5.41, 5.74) is 3.88. The van der Waals surface area contributed by atoms with Gasteiger partial charge in [-0.05, 0) is 65.2 Å². The van der Waals surface area contributed by atoms with Crippen molar-refractivity contribution in [3.8, 4) is 28.4 Å². The number of carboxylic acid groups (broad SMARTS) is 1. The summed E-state index contributed by atoms with van der Waals surface area (Å²) in [6.45, 7) is 5.25. The van der Waals surface area contributed by atoms with Gasteiger partial charge in [0.2, 0.25) is 0 Å². The van der Waals surface area contributed by atoms with E-state index in [9.17, 15) is 15.0 Å². The molecular weight excluding hydrogens is 693 g/mol. The van der Waals surface area contributed by atoms with E-state index in [1.54, 1.807) is 42.5 Å². The Bertz CT molecular complexity index is 1970. The average molecular weight is 734 g/mol. The third kappa shape index (κ3) is 9.55. The van der Waals surface area contributed by atoms with Gasteiger partial charge in [-0.25, -0.2) is 9.02 Å². The highest BCUT2D eigenvalue weighted by Gasteiger charge is 2.19. The van der Waals surface area contributed by atoms with E-state index < -0.39 is 24.4 Å². The van der Waals surface area contributed by atoms with Gasteiger partial charge in [0.25, 0.3) is 0 Å². The fourth-order valence-corrected chi connectivity index (χ4v) is 6.11. The van der Waals surface area contributed by atoms with E-state index >= 15 is 4.39 Å². The quantitative estimate of drug-likeness (QED) is 0.106. The highest BCUT2D eigenvalue weighted by Crippen LogP contribution is 2.35. The van der Waals surface area contributed by atoms with Crippen molar-refractivity contribution in [2.24, 2.45) is 0 Å². The van der Waals surface area contributed by atoms with Crippen LogP contribution in [0.2, 0.25) is 5.02 Å². The first-order valence-electron chi connectivity index (χ1n) is 17.0. The maximum absolute atomic E-state index is 16.0. The molecule has 274 valence electrons. The molecule has 0 amide bonds. The lowest BCUT2D eigenvalue weighted by Crippen LogP contribution is -2.44. The van der Waals surface area contributed by atoms with Crippen molar-refractivity contribution in [3.63, 3.8) is 0 Å². The number of carbonyl (C=O) groups is 1. The second kappa shape index (κ2) is 17.6. The first-order valence-corrected chi connectivity index (χ1v) is 17.4. The maximum Gasteiger partial charge on any atom is 0.323 e. The number of carboxylic acids is 1. The van der Waals surface area contributed by atoms with Gasteiger partial charge < -0.3 is 34.2 Å². The summed E-state index contributed by atoms with van der Waals surface area (Å²) in [5, 5.41) is 29.5. The largest absolute Gasteiger partial charge is 0.494 e. The van der Waals surface area contributed by atoms with E-state index in [0.717, 1.165) is 44.7 Å². The van der Waals surface area contributed by atoms with Crippen molar-refractivity contribution < 1.29 is 38.2 Å². The summed E-state index contributed by atoms with van der Waals surface area (Å²) in [4.78, 5) is 16.3. The standard InChI is InChI=1S/C38H41ClFN5O7/c1-44-12-14-45(15-13-44)11-4-16-49-29-7-2-5-26(18-29)30-8-3-6-27(37(30)40)24-51-36-20-35(28(19-31(36)39)21-41-34(22-46)38(47)48)50-23-25-9-10-32-33(17-25)43-52-42-32/h2-3,5-10,17-20,34,41,46H,4,11-16,21-24H2,1H3,(H,47,48)/t34-/m1/s1. The molecule has 0 saturated carbocycles. The fourth-order valence-electron chi connectivity index (χ4n) is 5.87. The van der Waals surface area contributed by atoms with Crippen LogP contribution in [0.4, 0.5) is 4.39 Å². The monoisotopic (exact) mass is 733 g/mol. The molecule has 5 aromatic rings. The van der Waals surface area contributed by atoms with E-state index in [1.807, 2.05) is 30.3 Å². The van der Waals surface area contributed by atoms with E-state index in [2.05, 4.69) is 32.5 Å². The number of aliphatic hydroxyl groups is 1. The lowest BCUT2D eigenvalue weighted by atomic mass is 10.0. The lowest BCUT2D eigenvalue weighted by Gasteiger charge is -2.32. The molecule has 12 nitrogen and oxygen atoms in total. The summed E-state index contributed by atoms with van der Waals surface area (Å²) >= 11 is 6.62. The number of rotatable bonds is 17. The highest BCUT2D eigenvalue weighted by atomic mass is 35.5. The van der Waals surface area contributed by atoms with Gasteiger partial charge in [0, 0.05) is 62.0 Å². The van der Waals surface area contributed by atoms with Crippen molar-refractivity contribution in [2.45, 2.75) is 32.2 Å². The van der Waals surface area contributed by atoms with Crippen LogP contribution >= 0.6 is 11.6 Å². The molecule has 0 unspecified atom stereocenters. The van der Waals surface area contributed by atoms with Crippen LogP contribution in [0.3, 0.4) is 0 Å². The van der Waals surface area contributed by atoms with Crippen molar-refractivity contribution in [2.75, 3.05) is 53.0 Å². The van der Waals surface area contributed by atoms with E-state index in [-0.39, 0.29) is 30.5 Å². The molecule has 52 heavy (non-hydrogen) atoms. The zero-order valence-corrected chi connectivity index (χ0v) is 29.5. The molecule has 0 radical (unpaired) electrons. The number of hydrogen-bond donors (Lipinski definition) is 3. The van der Waals surface area contributed by atoms with E-state index in [4.69, 9.17) is 30.4 Å². The minimum atomic E-state index is -1.20. The third-order valence-corrected chi connectivity index (χ3v) is 9.23. The van der Waals surface area contributed by atoms with Crippen LogP contribution in [0.25, 0.3) is 22.2 Å².